The molecule has 1 aliphatic rings. The number of aliphatic hydroxyl groups excluding tert-OH is 1. The van der Waals surface area contributed by atoms with E-state index in [1.165, 1.54) is 0 Å². The molecule has 2 rings (SSSR count). The number of Topliss-reactive ketones (excluding diaryl/α,β-unsaturated/α-hetero) is 1. The number of carbonyl (C=O) groups is 2. The molecule has 0 bridgehead atoms. The van der Waals surface area contributed by atoms with Crippen LogP contribution in [0.1, 0.15) is 79.8 Å². The molecule has 6 heteroatoms. The van der Waals surface area contributed by atoms with Crippen molar-refractivity contribution in [2.75, 3.05) is 0 Å². The smallest absolute Gasteiger partial charge is 0.223 e. The van der Waals surface area contributed by atoms with Gasteiger partial charge in [-0.25, -0.2) is 4.98 Å². The maximum absolute atomic E-state index is 13.4. The molecule has 194 valence electrons. The second kappa shape index (κ2) is 12.0. The van der Waals surface area contributed by atoms with Gasteiger partial charge in [-0.2, -0.15) is 0 Å². The number of aromatic nitrogens is 1. The van der Waals surface area contributed by atoms with Gasteiger partial charge in [-0.3, -0.25) is 9.59 Å². The summed E-state index contributed by atoms with van der Waals surface area (Å²) in [5, 5.41) is 14.1. The van der Waals surface area contributed by atoms with Crippen molar-refractivity contribution in [1.29, 1.82) is 0 Å². The van der Waals surface area contributed by atoms with Crippen molar-refractivity contribution < 1.29 is 19.1 Å². The largest absolute Gasteiger partial charge is 0.449 e. The molecule has 6 atom stereocenters. The Morgan fingerprint density at radius 1 is 1.20 bits per heavy atom. The second-order valence-electron chi connectivity index (χ2n) is 11.1. The Labute approximate surface area is 211 Å². The maximum atomic E-state index is 13.4. The van der Waals surface area contributed by atoms with Crippen LogP contribution >= 0.6 is 0 Å². The first kappa shape index (κ1) is 28.8. The van der Waals surface area contributed by atoms with Crippen LogP contribution in [0, 0.1) is 36.0 Å². The van der Waals surface area contributed by atoms with Crippen molar-refractivity contribution in [2.45, 2.75) is 87.3 Å². The zero-order valence-electron chi connectivity index (χ0n) is 22.9. The van der Waals surface area contributed by atoms with Crippen molar-refractivity contribution in [3.63, 3.8) is 0 Å². The van der Waals surface area contributed by atoms with E-state index in [4.69, 9.17) is 4.42 Å². The molecule has 1 amide bonds. The zero-order chi connectivity index (χ0) is 26.5. The van der Waals surface area contributed by atoms with Gasteiger partial charge in [-0.1, -0.05) is 65.3 Å². The molecule has 0 saturated carbocycles. The van der Waals surface area contributed by atoms with Gasteiger partial charge >= 0.3 is 0 Å². The zero-order valence-corrected chi connectivity index (χ0v) is 22.9. The molecule has 1 aliphatic heterocycles. The fourth-order valence-corrected chi connectivity index (χ4v) is 4.82. The summed E-state index contributed by atoms with van der Waals surface area (Å²) in [4.78, 5) is 30.8. The lowest BCUT2D eigenvalue weighted by atomic mass is 9.70. The first-order valence-corrected chi connectivity index (χ1v) is 12.7. The first-order valence-electron chi connectivity index (χ1n) is 12.7. The Morgan fingerprint density at radius 3 is 2.46 bits per heavy atom. The number of hydrogen-bond donors (Lipinski definition) is 2. The highest BCUT2D eigenvalue weighted by molar-refractivity contribution is 5.88. The van der Waals surface area contributed by atoms with Crippen molar-refractivity contribution in [2.24, 2.45) is 29.1 Å². The van der Waals surface area contributed by atoms with Gasteiger partial charge in [0.05, 0.1) is 24.0 Å². The lowest BCUT2D eigenvalue weighted by Gasteiger charge is -2.35. The van der Waals surface area contributed by atoms with E-state index >= 15 is 0 Å². The molecule has 0 unspecified atom stereocenters. The first-order chi connectivity index (χ1) is 16.2. The summed E-state index contributed by atoms with van der Waals surface area (Å²) in [5.74, 6) is 0.509. The minimum atomic E-state index is -1.08. The molecule has 0 aliphatic carbocycles. The summed E-state index contributed by atoms with van der Waals surface area (Å²) in [6, 6.07) is -0.306. The van der Waals surface area contributed by atoms with Crippen LogP contribution in [-0.4, -0.2) is 33.9 Å². The molecule has 6 nitrogen and oxygen atoms in total. The Hall–Kier alpha value is -2.47. The van der Waals surface area contributed by atoms with E-state index in [1.54, 1.807) is 27.0 Å². The molecular formula is C29H44N2O4. The van der Waals surface area contributed by atoms with Gasteiger partial charge in [0.25, 0.3) is 0 Å². The molecule has 2 N–H and O–H groups in total. The normalized spacial score (nSPS) is 34.1. The number of oxazole rings is 1. The van der Waals surface area contributed by atoms with Crippen LogP contribution in [-0.2, 0) is 9.59 Å². The van der Waals surface area contributed by atoms with E-state index in [0.717, 1.165) is 17.6 Å². The predicted molar refractivity (Wildman–Crippen MR) is 140 cm³/mol. The number of rotatable bonds is 2. The number of aliphatic hydroxyl groups is 1. The van der Waals surface area contributed by atoms with Crippen LogP contribution in [0.5, 0.6) is 0 Å². The lowest BCUT2D eigenvalue weighted by molar-refractivity contribution is -0.140. The minimum Gasteiger partial charge on any atom is -0.449 e. The molecule has 2 heterocycles. The highest BCUT2D eigenvalue weighted by atomic mass is 16.3. The standard InChI is InChI=1S/C29H44N2O4/c1-17-11-10-12-18(2)21(5)22(6)28(34)29(8,9)25(32)15-26(33)31-27(19(3)13-17)20(4)14-24-16-35-23(7)30-24/h10-11,13-14,16,18-19,21-22,25,27,32H,12,15H2,1-9H3,(H,31,33)/b11-10+,17-13-,20-14+/t18-,19-,21-,22+,25-,27-/m0/s1. The van der Waals surface area contributed by atoms with Gasteiger partial charge in [-0.15, -0.1) is 0 Å². The fourth-order valence-electron chi connectivity index (χ4n) is 4.82. The Bertz CT molecular complexity index is 985. The third kappa shape index (κ3) is 7.50. The summed E-state index contributed by atoms with van der Waals surface area (Å²) < 4.78 is 5.32. The Kier molecular flexibility index (Phi) is 9.85. The number of allylic oxidation sites excluding steroid dienone is 3. The summed E-state index contributed by atoms with van der Waals surface area (Å²) in [5.41, 5.74) is 1.70. The van der Waals surface area contributed by atoms with Gasteiger partial charge in [0, 0.05) is 12.8 Å². The Balaban J connectivity index is 2.45. The number of nitrogens with one attached hydrogen (secondary N) is 1. The SMILES string of the molecule is CC1=C/[C@H](C)[C@@H](/C(C)=C/c2coc(C)n2)NC(=O)C[C@H](O)C(C)(C)C(=O)[C@H](C)[C@@H](C)[C@@H](C)C\C=C\1. The van der Waals surface area contributed by atoms with E-state index in [9.17, 15) is 14.7 Å². The number of aryl methyl sites for hydroxylation is 1. The van der Waals surface area contributed by atoms with Crippen LogP contribution in [0.2, 0.25) is 0 Å². The predicted octanol–water partition coefficient (Wildman–Crippen LogP) is 5.67. The molecule has 1 aromatic rings. The molecular weight excluding hydrogens is 440 g/mol. The fraction of sp³-hybridized carbons (Fsp3) is 0.621. The molecule has 0 fully saturated rings. The average molecular weight is 485 g/mol. The average Bonchev–Trinajstić information content (AvgIpc) is 3.19. The van der Waals surface area contributed by atoms with Crippen molar-refractivity contribution in [3.05, 3.63) is 47.2 Å². The van der Waals surface area contributed by atoms with Crippen LogP contribution in [0.25, 0.3) is 6.08 Å². The number of nitrogens with zero attached hydrogens (tertiary/aromatic N) is 1. The second-order valence-corrected chi connectivity index (χ2v) is 11.1. The summed E-state index contributed by atoms with van der Waals surface area (Å²) in [6.07, 6.45) is 9.57. The number of ketones is 1. The van der Waals surface area contributed by atoms with Gasteiger partial charge in [-0.05, 0) is 49.7 Å². The van der Waals surface area contributed by atoms with E-state index < -0.39 is 11.5 Å². The van der Waals surface area contributed by atoms with Crippen LogP contribution in [0.15, 0.2) is 40.1 Å². The van der Waals surface area contributed by atoms with Crippen LogP contribution < -0.4 is 5.32 Å². The van der Waals surface area contributed by atoms with Gasteiger partial charge < -0.3 is 14.8 Å². The topological polar surface area (TPSA) is 92.4 Å². The molecule has 0 saturated heterocycles. The quantitative estimate of drug-likeness (QED) is 0.564. The minimum absolute atomic E-state index is 0.00769. The third-order valence-electron chi connectivity index (χ3n) is 7.71. The number of amides is 1. The van der Waals surface area contributed by atoms with Crippen molar-refractivity contribution in [1.82, 2.24) is 10.3 Å². The van der Waals surface area contributed by atoms with Crippen molar-refractivity contribution >= 4 is 17.8 Å². The van der Waals surface area contributed by atoms with Crippen molar-refractivity contribution in [3.8, 4) is 0 Å². The highest BCUT2D eigenvalue weighted by Gasteiger charge is 2.41. The number of hydrogen-bond acceptors (Lipinski definition) is 5. The molecule has 0 spiro atoms. The molecule has 0 radical (unpaired) electrons. The van der Waals surface area contributed by atoms with E-state index in [2.05, 4.69) is 56.2 Å². The molecule has 0 aromatic carbocycles. The highest BCUT2D eigenvalue weighted by Crippen LogP contribution is 2.34. The summed E-state index contributed by atoms with van der Waals surface area (Å²) in [6.45, 7) is 17.5. The van der Waals surface area contributed by atoms with E-state index in [-0.39, 0.29) is 41.9 Å². The monoisotopic (exact) mass is 484 g/mol. The Morgan fingerprint density at radius 2 is 1.86 bits per heavy atom. The maximum Gasteiger partial charge on any atom is 0.223 e. The van der Waals surface area contributed by atoms with Crippen LogP contribution in [0.4, 0.5) is 0 Å². The van der Waals surface area contributed by atoms with Gasteiger partial charge in [0.1, 0.15) is 17.7 Å². The number of carbonyl (C=O) groups excluding carboxylic acids is 2. The molecule has 1 aromatic heterocycles. The van der Waals surface area contributed by atoms with Gasteiger partial charge in [0.15, 0.2) is 5.89 Å². The summed E-state index contributed by atoms with van der Waals surface area (Å²) >= 11 is 0. The van der Waals surface area contributed by atoms with E-state index in [1.807, 2.05) is 19.9 Å². The molecule has 35 heavy (non-hydrogen) atoms. The van der Waals surface area contributed by atoms with E-state index in [0.29, 0.717) is 17.5 Å². The van der Waals surface area contributed by atoms with Gasteiger partial charge in [0.2, 0.25) is 5.91 Å². The van der Waals surface area contributed by atoms with Crippen LogP contribution in [0.3, 0.4) is 0 Å². The third-order valence-corrected chi connectivity index (χ3v) is 7.71. The lowest BCUT2D eigenvalue weighted by Crippen LogP contribution is -2.46. The summed E-state index contributed by atoms with van der Waals surface area (Å²) in [7, 11) is 0.